The molecule has 2 atom stereocenters. The molecule has 0 heterocycles. The Labute approximate surface area is 105 Å². The van der Waals surface area contributed by atoms with Crippen LogP contribution < -0.4 is 11.1 Å². The van der Waals surface area contributed by atoms with Crippen molar-refractivity contribution in [3.8, 4) is 0 Å². The average molecular weight is 244 g/mol. The molecule has 0 aliphatic rings. The molecule has 0 aromatic heterocycles. The summed E-state index contributed by atoms with van der Waals surface area (Å²) in [6.07, 6.45) is 2.69. The molecule has 0 aromatic carbocycles. The molecule has 4 heteroatoms. The molecule has 0 aromatic rings. The average Bonchev–Trinajstić information content (AvgIpc) is 2.30. The Morgan fingerprint density at radius 3 is 2.47 bits per heavy atom. The Kier molecular flexibility index (Phi) is 9.09. The minimum Gasteiger partial charge on any atom is -0.396 e. The molecule has 0 radical (unpaired) electrons. The van der Waals surface area contributed by atoms with Crippen LogP contribution in [0.2, 0.25) is 0 Å². The topological polar surface area (TPSA) is 75.4 Å². The lowest BCUT2D eigenvalue weighted by Crippen LogP contribution is -2.36. The van der Waals surface area contributed by atoms with E-state index in [1.165, 1.54) is 0 Å². The van der Waals surface area contributed by atoms with Crippen LogP contribution in [-0.4, -0.2) is 30.7 Å². The monoisotopic (exact) mass is 244 g/mol. The molecule has 0 aliphatic heterocycles. The third-order valence-corrected chi connectivity index (χ3v) is 2.90. The Morgan fingerprint density at radius 2 is 2.00 bits per heavy atom. The number of aliphatic hydroxyl groups is 1. The lowest BCUT2D eigenvalue weighted by molar-refractivity contribution is -0.125. The molecular formula is C13H28N2O2. The molecule has 17 heavy (non-hydrogen) atoms. The van der Waals surface area contributed by atoms with Gasteiger partial charge in [0.15, 0.2) is 0 Å². The van der Waals surface area contributed by atoms with Gasteiger partial charge in [-0.3, -0.25) is 4.79 Å². The molecule has 0 aliphatic carbocycles. The standard InChI is InChI=1S/C13H28N2O2/c1-10(2)7-12(8-14)13(17)15-6-4-5-11(3)9-16/h10-12,16H,4-9,14H2,1-3H3,(H,15,17). The van der Waals surface area contributed by atoms with Crippen molar-refractivity contribution in [3.05, 3.63) is 0 Å². The quantitative estimate of drug-likeness (QED) is 0.532. The first kappa shape index (κ1) is 16.4. The Hall–Kier alpha value is -0.610. The maximum atomic E-state index is 11.8. The third-order valence-electron chi connectivity index (χ3n) is 2.90. The molecule has 1 amide bonds. The van der Waals surface area contributed by atoms with Crippen LogP contribution in [0.4, 0.5) is 0 Å². The second kappa shape index (κ2) is 9.42. The molecular weight excluding hydrogens is 216 g/mol. The second-order valence-corrected chi connectivity index (χ2v) is 5.28. The minimum absolute atomic E-state index is 0.0646. The van der Waals surface area contributed by atoms with Crippen LogP contribution in [0.3, 0.4) is 0 Å². The smallest absolute Gasteiger partial charge is 0.224 e. The second-order valence-electron chi connectivity index (χ2n) is 5.28. The van der Waals surface area contributed by atoms with Crippen molar-refractivity contribution in [3.63, 3.8) is 0 Å². The number of hydrogen-bond donors (Lipinski definition) is 3. The predicted molar refractivity (Wildman–Crippen MR) is 70.5 cm³/mol. The van der Waals surface area contributed by atoms with Crippen LogP contribution in [0, 0.1) is 17.8 Å². The molecule has 4 nitrogen and oxygen atoms in total. The van der Waals surface area contributed by atoms with E-state index in [9.17, 15) is 4.79 Å². The Morgan fingerprint density at radius 1 is 1.35 bits per heavy atom. The van der Waals surface area contributed by atoms with Gasteiger partial charge >= 0.3 is 0 Å². The van der Waals surface area contributed by atoms with E-state index in [2.05, 4.69) is 19.2 Å². The fraction of sp³-hybridized carbons (Fsp3) is 0.923. The van der Waals surface area contributed by atoms with Gasteiger partial charge in [0.05, 0.1) is 5.92 Å². The van der Waals surface area contributed by atoms with Crippen LogP contribution in [0.25, 0.3) is 0 Å². The number of carbonyl (C=O) groups excluding carboxylic acids is 1. The third kappa shape index (κ3) is 8.16. The molecule has 2 unspecified atom stereocenters. The van der Waals surface area contributed by atoms with Gasteiger partial charge in [-0.2, -0.15) is 0 Å². The van der Waals surface area contributed by atoms with E-state index in [0.29, 0.717) is 24.9 Å². The number of carbonyl (C=O) groups is 1. The van der Waals surface area contributed by atoms with Gasteiger partial charge in [0, 0.05) is 19.7 Å². The van der Waals surface area contributed by atoms with E-state index in [1.54, 1.807) is 0 Å². The highest BCUT2D eigenvalue weighted by Crippen LogP contribution is 2.10. The van der Waals surface area contributed by atoms with Crippen molar-refractivity contribution in [2.45, 2.75) is 40.0 Å². The van der Waals surface area contributed by atoms with Gasteiger partial charge in [-0.25, -0.2) is 0 Å². The van der Waals surface area contributed by atoms with Gasteiger partial charge in [0.2, 0.25) is 5.91 Å². The summed E-state index contributed by atoms with van der Waals surface area (Å²) in [4.78, 5) is 11.8. The van der Waals surface area contributed by atoms with Gasteiger partial charge in [-0.15, -0.1) is 0 Å². The first-order chi connectivity index (χ1) is 8.01. The normalized spacial score (nSPS) is 14.7. The van der Waals surface area contributed by atoms with Gasteiger partial charge in [0.25, 0.3) is 0 Å². The van der Waals surface area contributed by atoms with Crippen LogP contribution in [0.5, 0.6) is 0 Å². The van der Waals surface area contributed by atoms with Crippen molar-refractivity contribution in [1.82, 2.24) is 5.32 Å². The molecule has 0 saturated carbocycles. The number of nitrogens with two attached hydrogens (primary N) is 1. The first-order valence-electron chi connectivity index (χ1n) is 6.59. The number of rotatable bonds is 9. The lowest BCUT2D eigenvalue weighted by Gasteiger charge is -2.17. The fourth-order valence-corrected chi connectivity index (χ4v) is 1.78. The zero-order valence-electron chi connectivity index (χ0n) is 11.4. The fourth-order valence-electron chi connectivity index (χ4n) is 1.78. The molecule has 4 N–H and O–H groups in total. The highest BCUT2D eigenvalue weighted by atomic mass is 16.3. The van der Waals surface area contributed by atoms with Crippen LogP contribution in [0.1, 0.15) is 40.0 Å². The molecule has 0 spiro atoms. The number of nitrogens with one attached hydrogen (secondary N) is 1. The highest BCUT2D eigenvalue weighted by molar-refractivity contribution is 5.78. The number of hydrogen-bond acceptors (Lipinski definition) is 3. The summed E-state index contributed by atoms with van der Waals surface area (Å²) in [5, 5.41) is 11.8. The molecule has 0 saturated heterocycles. The van der Waals surface area contributed by atoms with Gasteiger partial charge in [0.1, 0.15) is 0 Å². The Bertz CT molecular complexity index is 208. The van der Waals surface area contributed by atoms with E-state index < -0.39 is 0 Å². The van der Waals surface area contributed by atoms with Crippen LogP contribution in [-0.2, 0) is 4.79 Å². The summed E-state index contributed by atoms with van der Waals surface area (Å²) in [6, 6.07) is 0. The van der Waals surface area contributed by atoms with E-state index in [4.69, 9.17) is 10.8 Å². The van der Waals surface area contributed by atoms with E-state index in [0.717, 1.165) is 19.3 Å². The minimum atomic E-state index is -0.0646. The number of amides is 1. The van der Waals surface area contributed by atoms with E-state index in [1.807, 2.05) is 6.92 Å². The molecule has 0 bridgehead atoms. The summed E-state index contributed by atoms with van der Waals surface area (Å²) in [6.45, 7) is 7.50. The zero-order chi connectivity index (χ0) is 13.3. The molecule has 0 rings (SSSR count). The lowest BCUT2D eigenvalue weighted by atomic mass is 9.96. The van der Waals surface area contributed by atoms with Crippen LogP contribution in [0.15, 0.2) is 0 Å². The molecule has 0 fully saturated rings. The van der Waals surface area contributed by atoms with Crippen molar-refractivity contribution in [2.75, 3.05) is 19.7 Å². The summed E-state index contributed by atoms with van der Waals surface area (Å²) in [5.74, 6) is 0.805. The Balaban J connectivity index is 3.75. The SMILES string of the molecule is CC(C)CC(CN)C(=O)NCCCC(C)CO. The highest BCUT2D eigenvalue weighted by Gasteiger charge is 2.17. The van der Waals surface area contributed by atoms with Gasteiger partial charge in [-0.05, 0) is 31.1 Å². The largest absolute Gasteiger partial charge is 0.396 e. The molecule has 102 valence electrons. The summed E-state index contributed by atoms with van der Waals surface area (Å²) in [7, 11) is 0. The maximum absolute atomic E-state index is 11.8. The first-order valence-corrected chi connectivity index (χ1v) is 6.59. The summed E-state index contributed by atoms with van der Waals surface area (Å²) >= 11 is 0. The van der Waals surface area contributed by atoms with Crippen molar-refractivity contribution in [2.24, 2.45) is 23.5 Å². The van der Waals surface area contributed by atoms with Crippen LogP contribution >= 0.6 is 0 Å². The predicted octanol–water partition coefficient (Wildman–Crippen LogP) is 1.13. The van der Waals surface area contributed by atoms with Crippen molar-refractivity contribution < 1.29 is 9.90 Å². The maximum Gasteiger partial charge on any atom is 0.224 e. The van der Waals surface area contributed by atoms with Crippen molar-refractivity contribution >= 4 is 5.91 Å². The summed E-state index contributed by atoms with van der Waals surface area (Å²) < 4.78 is 0. The zero-order valence-corrected chi connectivity index (χ0v) is 11.4. The van der Waals surface area contributed by atoms with E-state index >= 15 is 0 Å². The summed E-state index contributed by atoms with van der Waals surface area (Å²) in [5.41, 5.74) is 5.60. The van der Waals surface area contributed by atoms with E-state index in [-0.39, 0.29) is 18.4 Å². The van der Waals surface area contributed by atoms with Gasteiger partial charge in [-0.1, -0.05) is 20.8 Å². The van der Waals surface area contributed by atoms with Crippen molar-refractivity contribution in [1.29, 1.82) is 0 Å². The number of aliphatic hydroxyl groups excluding tert-OH is 1. The van der Waals surface area contributed by atoms with Gasteiger partial charge < -0.3 is 16.2 Å².